The predicted octanol–water partition coefficient (Wildman–Crippen LogP) is 1.85. The van der Waals surface area contributed by atoms with E-state index >= 15 is 0 Å². The molecule has 0 unspecified atom stereocenters. The number of rotatable bonds is 3. The molecule has 13 heavy (non-hydrogen) atoms. The van der Waals surface area contributed by atoms with E-state index in [9.17, 15) is 5.11 Å². The monoisotopic (exact) mass is 180 g/mol. The SMILES string of the molecule is CO[C@](C)(CO)c1cccc(C)c1. The molecule has 0 radical (unpaired) electrons. The van der Waals surface area contributed by atoms with Crippen molar-refractivity contribution >= 4 is 0 Å². The van der Waals surface area contributed by atoms with E-state index in [2.05, 4.69) is 0 Å². The van der Waals surface area contributed by atoms with Gasteiger partial charge in [0.2, 0.25) is 0 Å². The molecule has 1 rings (SSSR count). The molecule has 1 aromatic rings. The molecule has 0 spiro atoms. The van der Waals surface area contributed by atoms with Crippen molar-refractivity contribution in [3.63, 3.8) is 0 Å². The Morgan fingerprint density at radius 1 is 1.46 bits per heavy atom. The van der Waals surface area contributed by atoms with Crippen LogP contribution in [-0.2, 0) is 10.3 Å². The van der Waals surface area contributed by atoms with Crippen LogP contribution in [-0.4, -0.2) is 18.8 Å². The molecule has 0 saturated heterocycles. The summed E-state index contributed by atoms with van der Waals surface area (Å²) in [6.45, 7) is 3.89. The van der Waals surface area contributed by atoms with E-state index in [4.69, 9.17) is 4.74 Å². The lowest BCUT2D eigenvalue weighted by molar-refractivity contribution is -0.0422. The topological polar surface area (TPSA) is 29.5 Å². The first-order valence-corrected chi connectivity index (χ1v) is 4.35. The van der Waals surface area contributed by atoms with Gasteiger partial charge in [0.1, 0.15) is 5.60 Å². The fraction of sp³-hybridized carbons (Fsp3) is 0.455. The molecule has 1 aromatic carbocycles. The summed E-state index contributed by atoms with van der Waals surface area (Å²) in [7, 11) is 1.61. The second-order valence-electron chi connectivity index (χ2n) is 3.46. The third kappa shape index (κ3) is 2.08. The molecule has 1 N–H and O–H groups in total. The summed E-state index contributed by atoms with van der Waals surface area (Å²) in [5.74, 6) is 0. The predicted molar refractivity (Wildman–Crippen MR) is 52.6 cm³/mol. The van der Waals surface area contributed by atoms with Crippen LogP contribution in [0, 0.1) is 6.92 Å². The number of methoxy groups -OCH3 is 1. The quantitative estimate of drug-likeness (QED) is 0.769. The van der Waals surface area contributed by atoms with Crippen molar-refractivity contribution in [1.82, 2.24) is 0 Å². The Hall–Kier alpha value is -0.860. The van der Waals surface area contributed by atoms with Gasteiger partial charge >= 0.3 is 0 Å². The van der Waals surface area contributed by atoms with Gasteiger partial charge in [-0.1, -0.05) is 29.8 Å². The standard InChI is InChI=1S/C11H16O2/c1-9-5-4-6-10(7-9)11(2,8-12)13-3/h4-7,12H,8H2,1-3H3/t11-/m1/s1. The molecule has 1 atom stereocenters. The highest BCUT2D eigenvalue weighted by atomic mass is 16.5. The lowest BCUT2D eigenvalue weighted by atomic mass is 9.95. The van der Waals surface area contributed by atoms with Crippen molar-refractivity contribution in [3.8, 4) is 0 Å². The van der Waals surface area contributed by atoms with Crippen LogP contribution in [0.15, 0.2) is 24.3 Å². The first-order valence-electron chi connectivity index (χ1n) is 4.35. The zero-order valence-corrected chi connectivity index (χ0v) is 8.37. The van der Waals surface area contributed by atoms with Crippen LogP contribution in [0.3, 0.4) is 0 Å². The van der Waals surface area contributed by atoms with Crippen LogP contribution < -0.4 is 0 Å². The zero-order valence-electron chi connectivity index (χ0n) is 8.37. The van der Waals surface area contributed by atoms with Crippen LogP contribution in [0.25, 0.3) is 0 Å². The highest BCUT2D eigenvalue weighted by Crippen LogP contribution is 2.24. The maximum absolute atomic E-state index is 9.20. The van der Waals surface area contributed by atoms with E-state index < -0.39 is 5.60 Å². The Kier molecular flexibility index (Phi) is 3.07. The van der Waals surface area contributed by atoms with Crippen LogP contribution in [0.2, 0.25) is 0 Å². The van der Waals surface area contributed by atoms with Crippen LogP contribution >= 0.6 is 0 Å². The summed E-state index contributed by atoms with van der Waals surface area (Å²) in [6.07, 6.45) is 0. The molecule has 0 aliphatic carbocycles. The van der Waals surface area contributed by atoms with Crippen molar-refractivity contribution in [2.24, 2.45) is 0 Å². The Bertz CT molecular complexity index is 277. The maximum Gasteiger partial charge on any atom is 0.113 e. The van der Waals surface area contributed by atoms with Gasteiger partial charge in [-0.25, -0.2) is 0 Å². The number of aliphatic hydroxyl groups is 1. The molecule has 0 saturated carbocycles. The van der Waals surface area contributed by atoms with Gasteiger partial charge in [-0.15, -0.1) is 0 Å². The van der Waals surface area contributed by atoms with E-state index in [0.29, 0.717) is 0 Å². The second-order valence-corrected chi connectivity index (χ2v) is 3.46. The van der Waals surface area contributed by atoms with Crippen molar-refractivity contribution < 1.29 is 9.84 Å². The number of hydrogen-bond donors (Lipinski definition) is 1. The second kappa shape index (κ2) is 3.90. The summed E-state index contributed by atoms with van der Waals surface area (Å²) in [6, 6.07) is 7.99. The molecule has 72 valence electrons. The minimum atomic E-state index is -0.577. The third-order valence-corrected chi connectivity index (χ3v) is 2.38. The van der Waals surface area contributed by atoms with E-state index in [1.165, 1.54) is 5.56 Å². The molecule has 0 fully saturated rings. The van der Waals surface area contributed by atoms with Gasteiger partial charge in [0.25, 0.3) is 0 Å². The zero-order chi connectivity index (χ0) is 9.90. The first-order chi connectivity index (χ1) is 6.12. The highest BCUT2D eigenvalue weighted by Gasteiger charge is 2.24. The Morgan fingerprint density at radius 3 is 2.62 bits per heavy atom. The van der Waals surface area contributed by atoms with Crippen molar-refractivity contribution in [3.05, 3.63) is 35.4 Å². The van der Waals surface area contributed by atoms with E-state index in [-0.39, 0.29) is 6.61 Å². The van der Waals surface area contributed by atoms with Gasteiger partial charge in [-0.05, 0) is 19.4 Å². The molecule has 0 aliphatic heterocycles. The average molecular weight is 180 g/mol. The smallest absolute Gasteiger partial charge is 0.113 e. The summed E-state index contributed by atoms with van der Waals surface area (Å²) < 4.78 is 5.28. The number of hydrogen-bond acceptors (Lipinski definition) is 2. The molecule has 0 amide bonds. The van der Waals surface area contributed by atoms with Gasteiger partial charge < -0.3 is 9.84 Å². The van der Waals surface area contributed by atoms with Gasteiger partial charge in [-0.3, -0.25) is 0 Å². The largest absolute Gasteiger partial charge is 0.393 e. The van der Waals surface area contributed by atoms with Crippen molar-refractivity contribution in [2.75, 3.05) is 13.7 Å². The molecule has 0 aliphatic rings. The highest BCUT2D eigenvalue weighted by molar-refractivity contribution is 5.27. The maximum atomic E-state index is 9.20. The van der Waals surface area contributed by atoms with E-state index in [1.807, 2.05) is 38.1 Å². The minimum absolute atomic E-state index is 0.00699. The number of benzene rings is 1. The van der Waals surface area contributed by atoms with Crippen LogP contribution in [0.5, 0.6) is 0 Å². The molecule has 0 aromatic heterocycles. The summed E-state index contributed by atoms with van der Waals surface area (Å²) >= 11 is 0. The fourth-order valence-corrected chi connectivity index (χ4v) is 1.25. The van der Waals surface area contributed by atoms with Crippen molar-refractivity contribution in [2.45, 2.75) is 19.4 Å². The summed E-state index contributed by atoms with van der Waals surface area (Å²) in [5, 5.41) is 9.20. The Morgan fingerprint density at radius 2 is 2.15 bits per heavy atom. The average Bonchev–Trinajstić information content (AvgIpc) is 2.17. The number of aryl methyl sites for hydroxylation is 1. The normalized spacial score (nSPS) is 15.4. The van der Waals surface area contributed by atoms with Gasteiger partial charge in [0.15, 0.2) is 0 Å². The van der Waals surface area contributed by atoms with Gasteiger partial charge in [0.05, 0.1) is 6.61 Å². The van der Waals surface area contributed by atoms with Gasteiger partial charge in [-0.2, -0.15) is 0 Å². The number of ether oxygens (including phenoxy) is 1. The van der Waals surface area contributed by atoms with E-state index in [1.54, 1.807) is 7.11 Å². The number of aliphatic hydroxyl groups excluding tert-OH is 1. The summed E-state index contributed by atoms with van der Waals surface area (Å²) in [4.78, 5) is 0. The van der Waals surface area contributed by atoms with Crippen molar-refractivity contribution in [1.29, 1.82) is 0 Å². The summed E-state index contributed by atoms with van der Waals surface area (Å²) in [5.41, 5.74) is 1.61. The molecular weight excluding hydrogens is 164 g/mol. The lowest BCUT2D eigenvalue weighted by Gasteiger charge is -2.26. The fourth-order valence-electron chi connectivity index (χ4n) is 1.25. The molecule has 0 heterocycles. The van der Waals surface area contributed by atoms with Gasteiger partial charge in [0, 0.05) is 7.11 Å². The minimum Gasteiger partial charge on any atom is -0.393 e. The molecule has 2 nitrogen and oxygen atoms in total. The lowest BCUT2D eigenvalue weighted by Crippen LogP contribution is -2.28. The van der Waals surface area contributed by atoms with Crippen LogP contribution in [0.4, 0.5) is 0 Å². The third-order valence-electron chi connectivity index (χ3n) is 2.38. The Labute approximate surface area is 79.2 Å². The molecule has 2 heteroatoms. The van der Waals surface area contributed by atoms with Crippen LogP contribution in [0.1, 0.15) is 18.1 Å². The first kappa shape index (κ1) is 10.2. The molecule has 0 bridgehead atoms. The van der Waals surface area contributed by atoms with E-state index in [0.717, 1.165) is 5.56 Å². The Balaban J connectivity index is 3.05. The molecular formula is C11H16O2.